The Morgan fingerprint density at radius 2 is 1.60 bits per heavy atom. The highest BCUT2D eigenvalue weighted by atomic mass is 16.5. The fraction of sp³-hybridized carbons (Fsp3) is 0.0455. The molecule has 0 amide bonds. The average molecular weight is 326 g/mol. The molecule has 3 nitrogen and oxygen atoms in total. The van der Waals surface area contributed by atoms with E-state index in [0.717, 1.165) is 39.3 Å². The van der Waals surface area contributed by atoms with Gasteiger partial charge in [0.05, 0.1) is 18.1 Å². The summed E-state index contributed by atoms with van der Waals surface area (Å²) in [7, 11) is 1.68. The van der Waals surface area contributed by atoms with E-state index in [2.05, 4.69) is 23.2 Å². The van der Waals surface area contributed by atoms with E-state index in [9.17, 15) is 0 Å². The molecule has 0 saturated heterocycles. The highest BCUT2D eigenvalue weighted by Crippen LogP contribution is 2.26. The van der Waals surface area contributed by atoms with Crippen LogP contribution < -0.4 is 4.74 Å². The first-order chi connectivity index (χ1) is 12.3. The van der Waals surface area contributed by atoms with Crippen molar-refractivity contribution < 1.29 is 4.74 Å². The second-order valence-corrected chi connectivity index (χ2v) is 5.80. The molecule has 25 heavy (non-hydrogen) atoms. The average Bonchev–Trinajstić information content (AvgIpc) is 3.11. The Morgan fingerprint density at radius 3 is 2.32 bits per heavy atom. The van der Waals surface area contributed by atoms with E-state index < -0.39 is 0 Å². The molecule has 0 radical (unpaired) electrons. The Labute approximate surface area is 146 Å². The lowest BCUT2D eigenvalue weighted by Crippen LogP contribution is -1.91. The number of benzene rings is 3. The summed E-state index contributed by atoms with van der Waals surface area (Å²) in [5, 5.41) is 0. The van der Waals surface area contributed by atoms with Gasteiger partial charge in [0, 0.05) is 5.57 Å². The van der Waals surface area contributed by atoms with Crippen molar-refractivity contribution >= 4 is 22.7 Å². The number of aromatic amines is 1. The van der Waals surface area contributed by atoms with Gasteiger partial charge in [-0.25, -0.2) is 4.98 Å². The largest absolute Gasteiger partial charge is 0.497 e. The lowest BCUT2D eigenvalue weighted by molar-refractivity contribution is 0.415. The molecule has 4 aromatic rings. The number of para-hydroxylation sites is 2. The maximum absolute atomic E-state index is 5.24. The minimum atomic E-state index is 0.849. The van der Waals surface area contributed by atoms with Gasteiger partial charge in [-0.2, -0.15) is 0 Å². The van der Waals surface area contributed by atoms with E-state index in [1.54, 1.807) is 7.11 Å². The number of nitrogens with zero attached hydrogens (tertiary/aromatic N) is 1. The topological polar surface area (TPSA) is 37.9 Å². The molecule has 1 aromatic heterocycles. The molecule has 3 aromatic carbocycles. The smallest absolute Gasteiger partial charge is 0.139 e. The Morgan fingerprint density at radius 1 is 0.880 bits per heavy atom. The summed E-state index contributed by atoms with van der Waals surface area (Å²) in [6.07, 6.45) is 2.15. The first-order valence-corrected chi connectivity index (χ1v) is 8.20. The van der Waals surface area contributed by atoms with Gasteiger partial charge in [0.2, 0.25) is 0 Å². The second-order valence-electron chi connectivity index (χ2n) is 5.80. The zero-order valence-corrected chi connectivity index (χ0v) is 13.9. The summed E-state index contributed by atoms with van der Waals surface area (Å²) in [6.45, 7) is 0. The third-order valence-electron chi connectivity index (χ3n) is 4.16. The number of fused-ring (bicyclic) bond motifs is 1. The zero-order valence-electron chi connectivity index (χ0n) is 13.9. The Hall–Kier alpha value is -3.33. The lowest BCUT2D eigenvalue weighted by atomic mass is 10.0. The van der Waals surface area contributed by atoms with Crippen molar-refractivity contribution in [2.75, 3.05) is 7.11 Å². The molecule has 1 heterocycles. The van der Waals surface area contributed by atoms with E-state index in [-0.39, 0.29) is 0 Å². The zero-order chi connectivity index (χ0) is 17.1. The Kier molecular flexibility index (Phi) is 4.05. The number of hydrogen-bond acceptors (Lipinski definition) is 2. The quantitative estimate of drug-likeness (QED) is 0.526. The molecule has 0 atom stereocenters. The molecular formula is C22H18N2O. The molecule has 0 aliphatic rings. The van der Waals surface area contributed by atoms with Crippen LogP contribution in [0.2, 0.25) is 0 Å². The van der Waals surface area contributed by atoms with Gasteiger partial charge in [0.15, 0.2) is 0 Å². The van der Waals surface area contributed by atoms with Crippen molar-refractivity contribution in [3.63, 3.8) is 0 Å². The van der Waals surface area contributed by atoms with Crippen LogP contribution in [0.1, 0.15) is 17.0 Å². The summed E-state index contributed by atoms with van der Waals surface area (Å²) < 4.78 is 5.24. The first kappa shape index (κ1) is 15.2. The van der Waals surface area contributed by atoms with Crippen molar-refractivity contribution in [1.82, 2.24) is 9.97 Å². The number of imidazole rings is 1. The number of methoxy groups -OCH3 is 1. The summed E-state index contributed by atoms with van der Waals surface area (Å²) >= 11 is 0. The Bertz CT molecular complexity index is 982. The van der Waals surface area contributed by atoms with Crippen molar-refractivity contribution in [2.45, 2.75) is 0 Å². The van der Waals surface area contributed by atoms with Crippen LogP contribution in [-0.2, 0) is 0 Å². The number of ether oxygens (including phenoxy) is 1. The van der Waals surface area contributed by atoms with Crippen molar-refractivity contribution in [3.8, 4) is 5.75 Å². The van der Waals surface area contributed by atoms with Crippen LogP contribution in [-0.4, -0.2) is 17.1 Å². The van der Waals surface area contributed by atoms with Crippen LogP contribution in [0, 0.1) is 0 Å². The molecule has 0 aliphatic carbocycles. The monoisotopic (exact) mass is 326 g/mol. The molecule has 0 unspecified atom stereocenters. The van der Waals surface area contributed by atoms with Gasteiger partial charge in [-0.05, 0) is 41.5 Å². The van der Waals surface area contributed by atoms with Crippen LogP contribution in [0.25, 0.3) is 22.7 Å². The Balaban J connectivity index is 1.85. The molecule has 1 N–H and O–H groups in total. The minimum Gasteiger partial charge on any atom is -0.497 e. The number of rotatable bonds is 4. The third-order valence-corrected chi connectivity index (χ3v) is 4.16. The normalized spacial score (nSPS) is 11.6. The summed E-state index contributed by atoms with van der Waals surface area (Å²) in [6, 6.07) is 26.4. The fourth-order valence-corrected chi connectivity index (χ4v) is 2.85. The first-order valence-electron chi connectivity index (χ1n) is 8.20. The van der Waals surface area contributed by atoms with Gasteiger partial charge < -0.3 is 9.72 Å². The van der Waals surface area contributed by atoms with Crippen molar-refractivity contribution in [3.05, 3.63) is 95.8 Å². The highest BCUT2D eigenvalue weighted by Gasteiger charge is 2.10. The van der Waals surface area contributed by atoms with Crippen LogP contribution in [0.3, 0.4) is 0 Å². The van der Waals surface area contributed by atoms with E-state index >= 15 is 0 Å². The minimum absolute atomic E-state index is 0.849. The van der Waals surface area contributed by atoms with E-state index in [0.29, 0.717) is 0 Å². The molecule has 0 bridgehead atoms. The number of aromatic nitrogens is 2. The maximum Gasteiger partial charge on any atom is 0.139 e. The summed E-state index contributed by atoms with van der Waals surface area (Å²) in [4.78, 5) is 8.20. The van der Waals surface area contributed by atoms with Crippen molar-refractivity contribution in [2.24, 2.45) is 0 Å². The second kappa shape index (κ2) is 6.65. The molecule has 122 valence electrons. The molecular weight excluding hydrogens is 308 g/mol. The molecule has 0 saturated carbocycles. The van der Waals surface area contributed by atoms with Gasteiger partial charge in [-0.3, -0.25) is 0 Å². The number of nitrogens with one attached hydrogen (secondary N) is 1. The lowest BCUT2D eigenvalue weighted by Gasteiger charge is -2.06. The summed E-state index contributed by atoms with van der Waals surface area (Å²) in [5.74, 6) is 1.71. The van der Waals surface area contributed by atoms with Crippen LogP contribution in [0.15, 0.2) is 78.9 Å². The predicted octanol–water partition coefficient (Wildman–Crippen LogP) is 5.16. The number of hydrogen-bond donors (Lipinski definition) is 1. The standard InChI is InChI=1S/C22H18N2O/c1-25-18-13-11-16(12-14-18)15-19(17-7-3-2-4-8-17)22-23-20-9-5-6-10-21(20)24-22/h2-15H,1H3,(H,23,24)/b19-15+. The maximum atomic E-state index is 5.24. The van der Waals surface area contributed by atoms with Crippen LogP contribution in [0.4, 0.5) is 0 Å². The van der Waals surface area contributed by atoms with E-state index in [1.807, 2.05) is 66.7 Å². The van der Waals surface area contributed by atoms with Gasteiger partial charge in [0.1, 0.15) is 11.6 Å². The third kappa shape index (κ3) is 3.17. The molecule has 4 rings (SSSR count). The molecule has 0 spiro atoms. The fourth-order valence-electron chi connectivity index (χ4n) is 2.85. The summed E-state index contributed by atoms with van der Waals surface area (Å²) in [5.41, 5.74) is 5.28. The van der Waals surface area contributed by atoms with Crippen molar-refractivity contribution in [1.29, 1.82) is 0 Å². The van der Waals surface area contributed by atoms with Gasteiger partial charge in [-0.15, -0.1) is 0 Å². The number of H-pyrrole nitrogens is 1. The van der Waals surface area contributed by atoms with Gasteiger partial charge >= 0.3 is 0 Å². The predicted molar refractivity (Wildman–Crippen MR) is 103 cm³/mol. The van der Waals surface area contributed by atoms with Crippen LogP contribution >= 0.6 is 0 Å². The molecule has 0 fully saturated rings. The highest BCUT2D eigenvalue weighted by molar-refractivity contribution is 5.91. The van der Waals surface area contributed by atoms with E-state index in [1.165, 1.54) is 0 Å². The van der Waals surface area contributed by atoms with Gasteiger partial charge in [-0.1, -0.05) is 54.6 Å². The van der Waals surface area contributed by atoms with Gasteiger partial charge in [0.25, 0.3) is 0 Å². The molecule has 3 heteroatoms. The van der Waals surface area contributed by atoms with E-state index in [4.69, 9.17) is 9.72 Å². The molecule has 0 aliphatic heterocycles. The van der Waals surface area contributed by atoms with Crippen LogP contribution in [0.5, 0.6) is 5.75 Å². The SMILES string of the molecule is COc1ccc(/C=C(\c2ccccc2)c2nc3ccccc3[nH]2)cc1.